The van der Waals surface area contributed by atoms with Gasteiger partial charge in [0.1, 0.15) is 5.75 Å². The smallest absolute Gasteiger partial charge is 0.337 e. The third-order valence-electron chi connectivity index (χ3n) is 3.14. The molecular formula is C16H11ClN2O4. The van der Waals surface area contributed by atoms with Crippen molar-refractivity contribution in [2.75, 3.05) is 7.11 Å². The van der Waals surface area contributed by atoms with Crippen molar-refractivity contribution >= 4 is 17.6 Å². The van der Waals surface area contributed by atoms with Crippen LogP contribution in [-0.2, 0) is 4.74 Å². The highest BCUT2D eigenvalue weighted by molar-refractivity contribution is 6.33. The van der Waals surface area contributed by atoms with Crippen LogP contribution in [0.2, 0.25) is 5.02 Å². The zero-order valence-electron chi connectivity index (χ0n) is 12.0. The summed E-state index contributed by atoms with van der Waals surface area (Å²) >= 11 is 6.06. The summed E-state index contributed by atoms with van der Waals surface area (Å²) in [7, 11) is 1.31. The first kappa shape index (κ1) is 15.1. The van der Waals surface area contributed by atoms with Crippen LogP contribution >= 0.6 is 11.6 Å². The van der Waals surface area contributed by atoms with E-state index in [1.54, 1.807) is 30.3 Å². The third kappa shape index (κ3) is 3.02. The number of ether oxygens (including phenoxy) is 1. The minimum atomic E-state index is -0.451. The van der Waals surface area contributed by atoms with Crippen molar-refractivity contribution in [1.82, 2.24) is 10.2 Å². The molecule has 6 nitrogen and oxygen atoms in total. The van der Waals surface area contributed by atoms with Gasteiger partial charge in [-0.05, 0) is 36.4 Å². The largest absolute Gasteiger partial charge is 0.508 e. The summed E-state index contributed by atoms with van der Waals surface area (Å²) in [6.07, 6.45) is 0. The fourth-order valence-electron chi connectivity index (χ4n) is 2.02. The summed E-state index contributed by atoms with van der Waals surface area (Å²) in [5, 5.41) is 17.6. The summed E-state index contributed by atoms with van der Waals surface area (Å²) in [6.45, 7) is 0. The number of hydrogen-bond donors (Lipinski definition) is 1. The Morgan fingerprint density at radius 3 is 2.70 bits per heavy atom. The molecule has 0 saturated heterocycles. The molecule has 0 bridgehead atoms. The molecular weight excluding hydrogens is 320 g/mol. The molecule has 0 atom stereocenters. The Hall–Kier alpha value is -2.86. The summed E-state index contributed by atoms with van der Waals surface area (Å²) in [5.74, 6) is 0.0563. The van der Waals surface area contributed by atoms with Gasteiger partial charge in [-0.1, -0.05) is 17.7 Å². The van der Waals surface area contributed by atoms with E-state index in [9.17, 15) is 9.90 Å². The molecule has 3 aromatic rings. The van der Waals surface area contributed by atoms with E-state index in [1.807, 2.05) is 0 Å². The van der Waals surface area contributed by atoms with Crippen molar-refractivity contribution in [3.05, 3.63) is 53.1 Å². The van der Waals surface area contributed by atoms with Crippen LogP contribution in [-0.4, -0.2) is 28.4 Å². The maximum absolute atomic E-state index is 11.6. The Morgan fingerprint density at radius 1 is 1.17 bits per heavy atom. The molecule has 0 aliphatic heterocycles. The van der Waals surface area contributed by atoms with Crippen molar-refractivity contribution in [2.45, 2.75) is 0 Å². The van der Waals surface area contributed by atoms with E-state index in [2.05, 4.69) is 14.9 Å². The van der Waals surface area contributed by atoms with Crippen molar-refractivity contribution in [3.63, 3.8) is 0 Å². The molecule has 0 radical (unpaired) electrons. The van der Waals surface area contributed by atoms with Gasteiger partial charge in [-0.25, -0.2) is 4.79 Å². The maximum Gasteiger partial charge on any atom is 0.337 e. The normalized spacial score (nSPS) is 10.5. The van der Waals surface area contributed by atoms with Crippen molar-refractivity contribution in [1.29, 1.82) is 0 Å². The second kappa shape index (κ2) is 6.10. The number of carbonyl (C=O) groups excluding carboxylic acids is 1. The highest BCUT2D eigenvalue weighted by atomic mass is 35.5. The third-order valence-corrected chi connectivity index (χ3v) is 3.45. The summed E-state index contributed by atoms with van der Waals surface area (Å²) in [4.78, 5) is 11.6. The van der Waals surface area contributed by atoms with E-state index in [0.29, 0.717) is 21.7 Å². The van der Waals surface area contributed by atoms with Crippen LogP contribution in [0.5, 0.6) is 5.75 Å². The minimum absolute atomic E-state index is 0.0456. The first-order chi connectivity index (χ1) is 11.1. The number of halogens is 1. The van der Waals surface area contributed by atoms with Crippen LogP contribution in [0.25, 0.3) is 22.9 Å². The number of carbonyl (C=O) groups is 1. The molecule has 2 aromatic carbocycles. The zero-order valence-corrected chi connectivity index (χ0v) is 12.7. The molecule has 0 unspecified atom stereocenters. The molecule has 1 heterocycles. The van der Waals surface area contributed by atoms with E-state index >= 15 is 0 Å². The lowest BCUT2D eigenvalue weighted by atomic mass is 10.1. The van der Waals surface area contributed by atoms with Crippen LogP contribution in [0.15, 0.2) is 46.9 Å². The van der Waals surface area contributed by atoms with E-state index < -0.39 is 5.97 Å². The van der Waals surface area contributed by atoms with Gasteiger partial charge < -0.3 is 14.3 Å². The Morgan fingerprint density at radius 2 is 1.96 bits per heavy atom. The predicted molar refractivity (Wildman–Crippen MR) is 83.2 cm³/mol. The van der Waals surface area contributed by atoms with Crippen molar-refractivity contribution in [2.24, 2.45) is 0 Å². The molecule has 0 fully saturated rings. The SMILES string of the molecule is COC(=O)c1cccc(-c2nnc(-c3ccc(O)cc3Cl)o2)c1. The van der Waals surface area contributed by atoms with E-state index in [1.165, 1.54) is 19.2 Å². The summed E-state index contributed by atoms with van der Waals surface area (Å²) < 4.78 is 10.3. The van der Waals surface area contributed by atoms with E-state index in [0.717, 1.165) is 0 Å². The average Bonchev–Trinajstić information content (AvgIpc) is 3.04. The number of phenols is 1. The van der Waals surface area contributed by atoms with Crippen LogP contribution in [0.3, 0.4) is 0 Å². The highest BCUT2D eigenvalue weighted by Gasteiger charge is 2.15. The number of nitrogens with zero attached hydrogens (tertiary/aromatic N) is 2. The van der Waals surface area contributed by atoms with Crippen molar-refractivity contribution < 1.29 is 19.1 Å². The Bertz CT molecular complexity index is 876. The zero-order chi connectivity index (χ0) is 16.4. The predicted octanol–water partition coefficient (Wildman–Crippen LogP) is 3.55. The first-order valence-electron chi connectivity index (χ1n) is 6.59. The molecule has 0 saturated carbocycles. The van der Waals surface area contributed by atoms with Gasteiger partial charge in [-0.2, -0.15) is 0 Å². The molecule has 7 heteroatoms. The lowest BCUT2D eigenvalue weighted by Crippen LogP contribution is -2.00. The molecule has 0 amide bonds. The standard InChI is InChI=1S/C16H11ClN2O4/c1-22-16(21)10-4-2-3-9(7-10)14-18-19-15(23-14)12-6-5-11(20)8-13(12)17/h2-8,20H,1H3. The van der Waals surface area contributed by atoms with Gasteiger partial charge in [0.25, 0.3) is 0 Å². The molecule has 1 aromatic heterocycles. The van der Waals surface area contributed by atoms with Crippen LogP contribution in [0.4, 0.5) is 0 Å². The lowest BCUT2D eigenvalue weighted by molar-refractivity contribution is 0.0601. The molecule has 23 heavy (non-hydrogen) atoms. The van der Waals surface area contributed by atoms with Crippen molar-refractivity contribution in [3.8, 4) is 28.7 Å². The minimum Gasteiger partial charge on any atom is -0.508 e. The first-order valence-corrected chi connectivity index (χ1v) is 6.97. The Balaban J connectivity index is 1.97. The fraction of sp³-hybridized carbons (Fsp3) is 0.0625. The second-order valence-electron chi connectivity index (χ2n) is 4.65. The quantitative estimate of drug-likeness (QED) is 0.739. The lowest BCUT2D eigenvalue weighted by Gasteiger charge is -2.01. The summed E-state index contributed by atoms with van der Waals surface area (Å²) in [6, 6.07) is 11.1. The number of rotatable bonds is 3. The number of benzene rings is 2. The molecule has 0 aliphatic rings. The van der Waals surface area contributed by atoms with Gasteiger partial charge in [0, 0.05) is 5.56 Å². The highest BCUT2D eigenvalue weighted by Crippen LogP contribution is 2.31. The maximum atomic E-state index is 11.6. The molecule has 1 N–H and O–H groups in total. The number of aromatic nitrogens is 2. The van der Waals surface area contributed by atoms with Crippen LogP contribution in [0.1, 0.15) is 10.4 Å². The molecule has 3 rings (SSSR count). The van der Waals surface area contributed by atoms with Gasteiger partial charge in [-0.3, -0.25) is 0 Å². The number of esters is 1. The van der Waals surface area contributed by atoms with E-state index in [4.69, 9.17) is 16.0 Å². The summed E-state index contributed by atoms with van der Waals surface area (Å²) in [5.41, 5.74) is 1.47. The van der Waals surface area contributed by atoms with Gasteiger partial charge in [0.2, 0.25) is 11.8 Å². The van der Waals surface area contributed by atoms with E-state index in [-0.39, 0.29) is 17.5 Å². The van der Waals surface area contributed by atoms with Gasteiger partial charge in [0.15, 0.2) is 0 Å². The Labute approximate surface area is 136 Å². The van der Waals surface area contributed by atoms with Crippen LogP contribution < -0.4 is 0 Å². The number of phenolic OH excluding ortho intramolecular Hbond substituents is 1. The van der Waals surface area contributed by atoms with Gasteiger partial charge >= 0.3 is 5.97 Å². The number of aromatic hydroxyl groups is 1. The number of methoxy groups -OCH3 is 1. The molecule has 0 aliphatic carbocycles. The van der Waals surface area contributed by atoms with Gasteiger partial charge in [0.05, 0.1) is 23.3 Å². The topological polar surface area (TPSA) is 85.5 Å². The average molecular weight is 331 g/mol. The second-order valence-corrected chi connectivity index (χ2v) is 5.06. The molecule has 0 spiro atoms. The number of hydrogen-bond acceptors (Lipinski definition) is 6. The monoisotopic (exact) mass is 330 g/mol. The fourth-order valence-corrected chi connectivity index (χ4v) is 2.28. The Kier molecular flexibility index (Phi) is 3.99. The van der Waals surface area contributed by atoms with Crippen LogP contribution in [0, 0.1) is 0 Å². The van der Waals surface area contributed by atoms with Gasteiger partial charge in [-0.15, -0.1) is 10.2 Å². The molecule has 116 valence electrons.